The molecule has 0 amide bonds. The van der Waals surface area contributed by atoms with Crippen molar-refractivity contribution in [2.45, 2.75) is 53.0 Å². The minimum absolute atomic E-state index is 0.307. The third-order valence-electron chi connectivity index (χ3n) is 5.04. The molecular formula is C17H27NO. The van der Waals surface area contributed by atoms with E-state index in [2.05, 4.69) is 37.8 Å². The lowest BCUT2D eigenvalue weighted by molar-refractivity contribution is 0.0855. The smallest absolute Gasteiger partial charge is 0.120 e. The Labute approximate surface area is 117 Å². The SMILES string of the molecule is CCC1(C)CCN(C(C)c2ccc(C)cc2O)CC1. The maximum atomic E-state index is 10.1. The van der Waals surface area contributed by atoms with Crippen LogP contribution in [0.1, 0.15) is 57.2 Å². The Bertz CT molecular complexity index is 433. The van der Waals surface area contributed by atoms with Gasteiger partial charge < -0.3 is 5.11 Å². The molecule has 1 saturated heterocycles. The van der Waals surface area contributed by atoms with Gasteiger partial charge in [-0.25, -0.2) is 0 Å². The number of hydrogen-bond donors (Lipinski definition) is 1. The number of likely N-dealkylation sites (tertiary alicyclic amines) is 1. The lowest BCUT2D eigenvalue weighted by atomic mass is 9.78. The number of phenols is 1. The van der Waals surface area contributed by atoms with Gasteiger partial charge in [0.2, 0.25) is 0 Å². The molecule has 1 aliphatic heterocycles. The maximum absolute atomic E-state index is 10.1. The van der Waals surface area contributed by atoms with E-state index in [1.807, 2.05) is 13.0 Å². The first-order chi connectivity index (χ1) is 8.95. The molecule has 1 N–H and O–H groups in total. The number of rotatable bonds is 3. The molecule has 19 heavy (non-hydrogen) atoms. The molecule has 2 heteroatoms. The van der Waals surface area contributed by atoms with Gasteiger partial charge in [0.05, 0.1) is 0 Å². The standard InChI is InChI=1S/C17H27NO/c1-5-17(4)8-10-18(11-9-17)14(3)15-7-6-13(2)12-16(15)19/h6-7,12,14,19H,5,8-11H2,1-4H3. The minimum Gasteiger partial charge on any atom is -0.508 e. The van der Waals surface area contributed by atoms with Crippen LogP contribution in [-0.4, -0.2) is 23.1 Å². The highest BCUT2D eigenvalue weighted by Gasteiger charge is 2.30. The van der Waals surface area contributed by atoms with Crippen LogP contribution < -0.4 is 0 Å². The van der Waals surface area contributed by atoms with E-state index in [-0.39, 0.29) is 0 Å². The van der Waals surface area contributed by atoms with Gasteiger partial charge in [-0.05, 0) is 56.8 Å². The van der Waals surface area contributed by atoms with E-state index in [9.17, 15) is 5.11 Å². The number of hydrogen-bond acceptors (Lipinski definition) is 2. The average molecular weight is 261 g/mol. The van der Waals surface area contributed by atoms with Crippen LogP contribution in [-0.2, 0) is 0 Å². The Balaban J connectivity index is 2.07. The van der Waals surface area contributed by atoms with Crippen molar-refractivity contribution in [3.8, 4) is 5.75 Å². The van der Waals surface area contributed by atoms with Crippen LogP contribution in [0, 0.1) is 12.3 Å². The van der Waals surface area contributed by atoms with Crippen LogP contribution in [0.2, 0.25) is 0 Å². The molecule has 1 aromatic carbocycles. The number of aromatic hydroxyl groups is 1. The van der Waals surface area contributed by atoms with Crippen molar-refractivity contribution in [3.05, 3.63) is 29.3 Å². The number of phenolic OH excluding ortho intramolecular Hbond substituents is 1. The highest BCUT2D eigenvalue weighted by atomic mass is 16.3. The molecule has 1 aromatic rings. The average Bonchev–Trinajstić information content (AvgIpc) is 2.39. The Morgan fingerprint density at radius 1 is 1.32 bits per heavy atom. The molecule has 1 atom stereocenters. The predicted molar refractivity (Wildman–Crippen MR) is 80.5 cm³/mol. The topological polar surface area (TPSA) is 23.5 Å². The van der Waals surface area contributed by atoms with Gasteiger partial charge in [-0.3, -0.25) is 4.90 Å². The zero-order valence-electron chi connectivity index (χ0n) is 12.7. The van der Waals surface area contributed by atoms with Gasteiger partial charge in [0.15, 0.2) is 0 Å². The minimum atomic E-state index is 0.307. The lowest BCUT2D eigenvalue weighted by Gasteiger charge is -2.41. The summed E-state index contributed by atoms with van der Waals surface area (Å²) in [6.45, 7) is 11.2. The lowest BCUT2D eigenvalue weighted by Crippen LogP contribution is -2.39. The van der Waals surface area contributed by atoms with E-state index in [4.69, 9.17) is 0 Å². The Kier molecular flexibility index (Phi) is 4.19. The van der Waals surface area contributed by atoms with Crippen molar-refractivity contribution in [3.63, 3.8) is 0 Å². The number of aryl methyl sites for hydroxylation is 1. The number of piperidine rings is 1. The van der Waals surface area contributed by atoms with E-state index in [1.165, 1.54) is 19.3 Å². The normalized spacial score (nSPS) is 21.3. The quantitative estimate of drug-likeness (QED) is 0.878. The molecule has 0 aromatic heterocycles. The molecule has 2 rings (SSSR count). The van der Waals surface area contributed by atoms with Gasteiger partial charge in [0, 0.05) is 11.6 Å². The summed E-state index contributed by atoms with van der Waals surface area (Å²) in [5.74, 6) is 0.441. The van der Waals surface area contributed by atoms with Crippen molar-refractivity contribution in [2.75, 3.05) is 13.1 Å². The van der Waals surface area contributed by atoms with Crippen LogP contribution in [0.5, 0.6) is 5.75 Å². The highest BCUT2D eigenvalue weighted by molar-refractivity contribution is 5.37. The zero-order valence-corrected chi connectivity index (χ0v) is 12.7. The number of benzene rings is 1. The van der Waals surface area contributed by atoms with E-state index < -0.39 is 0 Å². The monoisotopic (exact) mass is 261 g/mol. The fourth-order valence-corrected chi connectivity index (χ4v) is 3.01. The van der Waals surface area contributed by atoms with Crippen LogP contribution in [0.25, 0.3) is 0 Å². The zero-order chi connectivity index (χ0) is 14.0. The summed E-state index contributed by atoms with van der Waals surface area (Å²) in [6.07, 6.45) is 3.80. The van der Waals surface area contributed by atoms with Crippen LogP contribution >= 0.6 is 0 Å². The van der Waals surface area contributed by atoms with Crippen molar-refractivity contribution in [2.24, 2.45) is 5.41 Å². The summed E-state index contributed by atoms with van der Waals surface area (Å²) >= 11 is 0. The van der Waals surface area contributed by atoms with E-state index >= 15 is 0 Å². The Morgan fingerprint density at radius 2 is 1.95 bits per heavy atom. The summed E-state index contributed by atoms with van der Waals surface area (Å²) in [7, 11) is 0. The Morgan fingerprint density at radius 3 is 2.47 bits per heavy atom. The molecule has 0 spiro atoms. The van der Waals surface area contributed by atoms with E-state index in [1.54, 1.807) is 0 Å². The van der Waals surface area contributed by atoms with E-state index in [0.717, 1.165) is 24.2 Å². The molecule has 0 aliphatic carbocycles. The van der Waals surface area contributed by atoms with Crippen LogP contribution in [0.3, 0.4) is 0 Å². The summed E-state index contributed by atoms with van der Waals surface area (Å²) in [4.78, 5) is 2.50. The van der Waals surface area contributed by atoms with Gasteiger partial charge in [0.25, 0.3) is 0 Å². The summed E-state index contributed by atoms with van der Waals surface area (Å²) < 4.78 is 0. The fourth-order valence-electron chi connectivity index (χ4n) is 3.01. The summed E-state index contributed by atoms with van der Waals surface area (Å²) in [5, 5.41) is 10.1. The van der Waals surface area contributed by atoms with Crippen molar-refractivity contribution >= 4 is 0 Å². The second kappa shape index (κ2) is 5.54. The largest absolute Gasteiger partial charge is 0.508 e. The summed E-state index contributed by atoms with van der Waals surface area (Å²) in [6, 6.07) is 6.34. The molecule has 106 valence electrons. The molecule has 0 saturated carbocycles. The molecule has 1 unspecified atom stereocenters. The second-order valence-corrected chi connectivity index (χ2v) is 6.44. The molecule has 1 heterocycles. The van der Waals surface area contributed by atoms with Gasteiger partial charge in [-0.1, -0.05) is 32.4 Å². The molecule has 0 bridgehead atoms. The van der Waals surface area contributed by atoms with Gasteiger partial charge in [-0.2, -0.15) is 0 Å². The van der Waals surface area contributed by atoms with Gasteiger partial charge in [-0.15, -0.1) is 0 Å². The van der Waals surface area contributed by atoms with Crippen LogP contribution in [0.4, 0.5) is 0 Å². The molecular weight excluding hydrogens is 234 g/mol. The van der Waals surface area contributed by atoms with Crippen molar-refractivity contribution < 1.29 is 5.11 Å². The number of nitrogens with zero attached hydrogens (tertiary/aromatic N) is 1. The first kappa shape index (κ1) is 14.4. The van der Waals surface area contributed by atoms with Crippen molar-refractivity contribution in [1.29, 1.82) is 0 Å². The molecule has 1 fully saturated rings. The Hall–Kier alpha value is -1.02. The first-order valence-corrected chi connectivity index (χ1v) is 7.49. The summed E-state index contributed by atoms with van der Waals surface area (Å²) in [5.41, 5.74) is 2.70. The third-order valence-corrected chi connectivity index (χ3v) is 5.04. The highest BCUT2D eigenvalue weighted by Crippen LogP contribution is 2.38. The maximum Gasteiger partial charge on any atom is 0.120 e. The molecule has 0 radical (unpaired) electrons. The van der Waals surface area contributed by atoms with Gasteiger partial charge >= 0.3 is 0 Å². The van der Waals surface area contributed by atoms with Crippen molar-refractivity contribution in [1.82, 2.24) is 4.90 Å². The molecule has 1 aliphatic rings. The second-order valence-electron chi connectivity index (χ2n) is 6.44. The predicted octanol–water partition coefficient (Wildman–Crippen LogP) is 4.27. The van der Waals surface area contributed by atoms with Gasteiger partial charge in [0.1, 0.15) is 5.75 Å². The first-order valence-electron chi connectivity index (χ1n) is 7.49. The molecule has 2 nitrogen and oxygen atoms in total. The fraction of sp³-hybridized carbons (Fsp3) is 0.647. The third kappa shape index (κ3) is 3.11. The van der Waals surface area contributed by atoms with E-state index in [0.29, 0.717) is 17.2 Å². The van der Waals surface area contributed by atoms with Crippen LogP contribution in [0.15, 0.2) is 18.2 Å².